The normalized spacial score (nSPS) is 15.6. The Morgan fingerprint density at radius 3 is 2.81 bits per heavy atom. The minimum Gasteiger partial charge on any atom is -0.358 e. The smallest absolute Gasteiger partial charge is 0.238 e. The highest BCUT2D eigenvalue weighted by Crippen LogP contribution is 2.30. The van der Waals surface area contributed by atoms with Crippen LogP contribution in [0.5, 0.6) is 0 Å². The molecule has 0 saturated heterocycles. The summed E-state index contributed by atoms with van der Waals surface area (Å²) in [5.74, 6) is 0. The van der Waals surface area contributed by atoms with Crippen LogP contribution in [-0.2, 0) is 22.9 Å². The van der Waals surface area contributed by atoms with Crippen molar-refractivity contribution >= 4 is 20.9 Å². The van der Waals surface area contributed by atoms with Gasteiger partial charge in [0.05, 0.1) is 4.90 Å². The van der Waals surface area contributed by atoms with Crippen molar-refractivity contribution in [1.29, 1.82) is 0 Å². The second kappa shape index (κ2) is 3.09. The van der Waals surface area contributed by atoms with Crippen molar-refractivity contribution in [2.45, 2.75) is 24.2 Å². The molecule has 0 atom stereocenters. The van der Waals surface area contributed by atoms with Crippen molar-refractivity contribution in [1.82, 2.24) is 4.98 Å². The molecule has 3 rings (SSSR count). The number of rotatable bonds is 1. The molecule has 84 valence electrons. The van der Waals surface area contributed by atoms with Crippen LogP contribution in [-0.4, -0.2) is 13.4 Å². The lowest BCUT2D eigenvalue weighted by atomic mass is 10.1. The predicted molar refractivity (Wildman–Crippen MR) is 61.7 cm³/mol. The van der Waals surface area contributed by atoms with Crippen LogP contribution in [0.4, 0.5) is 0 Å². The van der Waals surface area contributed by atoms with Crippen LogP contribution < -0.4 is 5.14 Å². The molecule has 0 unspecified atom stereocenters. The number of aromatic nitrogens is 1. The first-order chi connectivity index (χ1) is 7.55. The first-order valence-corrected chi connectivity index (χ1v) is 6.76. The predicted octanol–water partition coefficient (Wildman–Crippen LogP) is 1.30. The number of sulfonamides is 1. The number of nitrogens with one attached hydrogen (secondary N) is 1. The van der Waals surface area contributed by atoms with Crippen molar-refractivity contribution in [2.75, 3.05) is 0 Å². The molecule has 1 heterocycles. The first-order valence-electron chi connectivity index (χ1n) is 5.22. The maximum atomic E-state index is 11.3. The summed E-state index contributed by atoms with van der Waals surface area (Å²) in [5, 5.41) is 6.12. The lowest BCUT2D eigenvalue weighted by molar-refractivity contribution is 0.598. The zero-order valence-electron chi connectivity index (χ0n) is 8.66. The van der Waals surface area contributed by atoms with Crippen LogP contribution in [0.15, 0.2) is 23.1 Å². The highest BCUT2D eigenvalue weighted by atomic mass is 32.2. The standard InChI is InChI=1S/C11H12N2O2S/c12-16(14,15)7-4-5-11-9(6-7)8-2-1-3-10(8)13-11/h4-6,13H,1-3H2,(H2,12,14,15). The third-order valence-corrected chi connectivity index (χ3v) is 4.06. The van der Waals surface area contributed by atoms with Gasteiger partial charge in [-0.1, -0.05) is 0 Å². The number of hydrogen-bond acceptors (Lipinski definition) is 2. The van der Waals surface area contributed by atoms with Gasteiger partial charge in [-0.05, 0) is 43.0 Å². The zero-order valence-corrected chi connectivity index (χ0v) is 9.47. The van der Waals surface area contributed by atoms with Gasteiger partial charge in [-0.25, -0.2) is 13.6 Å². The summed E-state index contributed by atoms with van der Waals surface area (Å²) in [6, 6.07) is 5.00. The van der Waals surface area contributed by atoms with E-state index in [-0.39, 0.29) is 4.90 Å². The third kappa shape index (κ3) is 1.36. The Hall–Kier alpha value is -1.33. The molecular formula is C11H12N2O2S. The molecule has 0 bridgehead atoms. The summed E-state index contributed by atoms with van der Waals surface area (Å²) < 4.78 is 22.5. The Bertz CT molecular complexity index is 671. The van der Waals surface area contributed by atoms with Gasteiger partial charge in [-0.3, -0.25) is 0 Å². The molecule has 0 radical (unpaired) electrons. The molecule has 2 aromatic rings. The van der Waals surface area contributed by atoms with Gasteiger partial charge < -0.3 is 4.98 Å². The van der Waals surface area contributed by atoms with Gasteiger partial charge in [0.1, 0.15) is 0 Å². The molecule has 0 fully saturated rings. The van der Waals surface area contributed by atoms with Gasteiger partial charge in [-0.2, -0.15) is 0 Å². The first kappa shape index (κ1) is 9.86. The van der Waals surface area contributed by atoms with E-state index in [0.29, 0.717) is 0 Å². The van der Waals surface area contributed by atoms with E-state index in [9.17, 15) is 8.42 Å². The lowest BCUT2D eigenvalue weighted by Crippen LogP contribution is -2.11. The van der Waals surface area contributed by atoms with Crippen LogP contribution in [0.2, 0.25) is 0 Å². The summed E-state index contributed by atoms with van der Waals surface area (Å²) >= 11 is 0. The Morgan fingerprint density at radius 2 is 2.06 bits per heavy atom. The van der Waals surface area contributed by atoms with E-state index < -0.39 is 10.0 Å². The topological polar surface area (TPSA) is 76.0 Å². The third-order valence-electron chi connectivity index (χ3n) is 3.15. The molecular weight excluding hydrogens is 224 g/mol. The average molecular weight is 236 g/mol. The van der Waals surface area contributed by atoms with Gasteiger partial charge >= 0.3 is 0 Å². The summed E-state index contributed by atoms with van der Waals surface area (Å²) in [4.78, 5) is 3.51. The van der Waals surface area contributed by atoms with Crippen molar-refractivity contribution in [3.63, 3.8) is 0 Å². The molecule has 16 heavy (non-hydrogen) atoms. The minimum absolute atomic E-state index is 0.189. The average Bonchev–Trinajstić information content (AvgIpc) is 2.74. The van der Waals surface area contributed by atoms with E-state index in [1.165, 1.54) is 11.3 Å². The highest BCUT2D eigenvalue weighted by molar-refractivity contribution is 7.89. The number of nitrogens with two attached hydrogens (primary N) is 1. The van der Waals surface area contributed by atoms with Gasteiger partial charge in [-0.15, -0.1) is 0 Å². The van der Waals surface area contributed by atoms with Crippen LogP contribution in [0.1, 0.15) is 17.7 Å². The van der Waals surface area contributed by atoms with E-state index in [2.05, 4.69) is 4.98 Å². The Morgan fingerprint density at radius 1 is 1.25 bits per heavy atom. The van der Waals surface area contributed by atoms with Crippen molar-refractivity contribution in [3.05, 3.63) is 29.5 Å². The number of hydrogen-bond donors (Lipinski definition) is 2. The maximum absolute atomic E-state index is 11.3. The van der Waals surface area contributed by atoms with Gasteiger partial charge in [0.15, 0.2) is 0 Å². The fourth-order valence-corrected chi connectivity index (χ4v) is 2.94. The molecule has 1 aromatic heterocycles. The van der Waals surface area contributed by atoms with Crippen molar-refractivity contribution < 1.29 is 8.42 Å². The van der Waals surface area contributed by atoms with E-state index in [1.54, 1.807) is 18.2 Å². The van der Waals surface area contributed by atoms with Crippen LogP contribution in [0.25, 0.3) is 10.9 Å². The second-order valence-corrected chi connectivity index (χ2v) is 5.75. The Kier molecular flexibility index (Phi) is 1.90. The number of aryl methyl sites for hydroxylation is 2. The molecule has 5 heteroatoms. The van der Waals surface area contributed by atoms with Crippen LogP contribution >= 0.6 is 0 Å². The lowest BCUT2D eigenvalue weighted by Gasteiger charge is -1.99. The maximum Gasteiger partial charge on any atom is 0.238 e. The monoisotopic (exact) mass is 236 g/mol. The van der Waals surface area contributed by atoms with E-state index >= 15 is 0 Å². The number of aromatic amines is 1. The molecule has 1 aromatic carbocycles. The second-order valence-electron chi connectivity index (χ2n) is 4.19. The zero-order chi connectivity index (χ0) is 11.3. The molecule has 3 N–H and O–H groups in total. The summed E-state index contributed by atoms with van der Waals surface area (Å²) in [5.41, 5.74) is 3.49. The van der Waals surface area contributed by atoms with Gasteiger partial charge in [0.25, 0.3) is 0 Å². The Labute approximate surface area is 93.5 Å². The molecule has 0 aliphatic heterocycles. The fraction of sp³-hybridized carbons (Fsp3) is 0.273. The fourth-order valence-electron chi connectivity index (χ4n) is 2.40. The number of H-pyrrole nitrogens is 1. The quantitative estimate of drug-likeness (QED) is 0.783. The summed E-state index contributed by atoms with van der Waals surface area (Å²) in [7, 11) is -3.60. The SMILES string of the molecule is NS(=O)(=O)c1ccc2[nH]c3c(c2c1)CCC3. The Balaban J connectivity index is 2.32. The number of primary sulfonamides is 1. The van der Waals surface area contributed by atoms with Gasteiger partial charge in [0, 0.05) is 16.6 Å². The van der Waals surface area contributed by atoms with E-state index in [0.717, 1.165) is 30.2 Å². The molecule has 4 nitrogen and oxygen atoms in total. The number of fused-ring (bicyclic) bond motifs is 3. The van der Waals surface area contributed by atoms with E-state index in [4.69, 9.17) is 5.14 Å². The van der Waals surface area contributed by atoms with Gasteiger partial charge in [0.2, 0.25) is 10.0 Å². The van der Waals surface area contributed by atoms with Crippen LogP contribution in [0.3, 0.4) is 0 Å². The largest absolute Gasteiger partial charge is 0.358 e. The molecule has 0 saturated carbocycles. The molecule has 0 amide bonds. The molecule has 1 aliphatic carbocycles. The minimum atomic E-state index is -3.60. The molecule has 1 aliphatic rings. The highest BCUT2D eigenvalue weighted by Gasteiger charge is 2.18. The summed E-state index contributed by atoms with van der Waals surface area (Å²) in [6.45, 7) is 0. The van der Waals surface area contributed by atoms with Crippen LogP contribution in [0, 0.1) is 0 Å². The van der Waals surface area contributed by atoms with Crippen molar-refractivity contribution in [2.24, 2.45) is 5.14 Å². The molecule has 0 spiro atoms. The van der Waals surface area contributed by atoms with Crippen molar-refractivity contribution in [3.8, 4) is 0 Å². The van der Waals surface area contributed by atoms with E-state index in [1.807, 2.05) is 0 Å². The number of benzene rings is 1. The summed E-state index contributed by atoms with van der Waals surface area (Å²) in [6.07, 6.45) is 3.20.